The molecule has 0 N–H and O–H groups in total. The molecule has 0 radical (unpaired) electrons. The number of hydrogen-bond acceptors (Lipinski definition) is 0. The first-order valence-corrected chi connectivity index (χ1v) is 13.1. The van der Waals surface area contributed by atoms with Crippen molar-refractivity contribution in [2.24, 2.45) is 0 Å². The summed E-state index contributed by atoms with van der Waals surface area (Å²) < 4.78 is 0. The minimum Gasteiger partial charge on any atom is -0.0622 e. The van der Waals surface area contributed by atoms with Crippen molar-refractivity contribution in [2.45, 2.75) is 0 Å². The van der Waals surface area contributed by atoms with Crippen molar-refractivity contribution < 1.29 is 0 Å². The fraction of sp³-hybridized carbons (Fsp3) is 0. The average Bonchev–Trinajstić information content (AvgIpc) is 3.01. The summed E-state index contributed by atoms with van der Waals surface area (Å²) >= 11 is 0. The molecule has 0 heteroatoms. The Labute approximate surface area is 223 Å². The second-order valence-electron chi connectivity index (χ2n) is 9.80. The molecule has 0 unspecified atom stereocenters. The van der Waals surface area contributed by atoms with Gasteiger partial charge in [-0.2, -0.15) is 0 Å². The summed E-state index contributed by atoms with van der Waals surface area (Å²) in [5.41, 5.74) is 9.85. The van der Waals surface area contributed by atoms with E-state index in [0.717, 1.165) is 0 Å². The van der Waals surface area contributed by atoms with Crippen LogP contribution in [-0.4, -0.2) is 0 Å². The highest BCUT2D eigenvalue weighted by Gasteiger charge is 2.10. The Kier molecular flexibility index (Phi) is 5.57. The molecule has 0 saturated carbocycles. The van der Waals surface area contributed by atoms with Crippen molar-refractivity contribution in [3.8, 4) is 44.5 Å². The molecular formula is C38H26. The van der Waals surface area contributed by atoms with E-state index in [0.29, 0.717) is 0 Å². The summed E-state index contributed by atoms with van der Waals surface area (Å²) in [5.74, 6) is 0. The minimum absolute atomic E-state index is 1.22. The Morgan fingerprint density at radius 3 is 1.37 bits per heavy atom. The van der Waals surface area contributed by atoms with Crippen LogP contribution in [0.4, 0.5) is 0 Å². The molecule has 0 atom stereocenters. The molecule has 0 aliphatic rings. The lowest BCUT2D eigenvalue weighted by atomic mass is 9.91. The highest BCUT2D eigenvalue weighted by atomic mass is 14.1. The lowest BCUT2D eigenvalue weighted by molar-refractivity contribution is 1.56. The maximum atomic E-state index is 2.31. The quantitative estimate of drug-likeness (QED) is 0.219. The highest BCUT2D eigenvalue weighted by molar-refractivity contribution is 6.12. The normalized spacial score (nSPS) is 11.2. The second kappa shape index (κ2) is 9.50. The van der Waals surface area contributed by atoms with Crippen LogP contribution >= 0.6 is 0 Å². The van der Waals surface area contributed by atoms with Crippen molar-refractivity contribution in [3.63, 3.8) is 0 Å². The van der Waals surface area contributed by atoms with E-state index in [2.05, 4.69) is 158 Å². The molecule has 0 aliphatic heterocycles. The largest absolute Gasteiger partial charge is 0.0622 e. The van der Waals surface area contributed by atoms with Crippen molar-refractivity contribution in [3.05, 3.63) is 158 Å². The summed E-state index contributed by atoms with van der Waals surface area (Å²) in [4.78, 5) is 0. The number of hydrogen-bond donors (Lipinski definition) is 0. The lowest BCUT2D eigenvalue weighted by Crippen LogP contribution is -1.87. The van der Waals surface area contributed by atoms with Gasteiger partial charge >= 0.3 is 0 Å². The van der Waals surface area contributed by atoms with Gasteiger partial charge in [0.15, 0.2) is 0 Å². The topological polar surface area (TPSA) is 0 Å². The van der Waals surface area contributed by atoms with E-state index < -0.39 is 0 Å². The molecule has 0 nitrogen and oxygen atoms in total. The predicted octanol–water partition coefficient (Wildman–Crippen LogP) is 10.7. The van der Waals surface area contributed by atoms with Gasteiger partial charge in [0, 0.05) is 0 Å². The minimum atomic E-state index is 1.22. The van der Waals surface area contributed by atoms with Crippen molar-refractivity contribution in [2.75, 3.05) is 0 Å². The second-order valence-corrected chi connectivity index (χ2v) is 9.80. The van der Waals surface area contributed by atoms with Crippen molar-refractivity contribution in [1.82, 2.24) is 0 Å². The third kappa shape index (κ3) is 4.07. The summed E-state index contributed by atoms with van der Waals surface area (Å²) in [6, 6.07) is 57.0. The van der Waals surface area contributed by atoms with Crippen molar-refractivity contribution in [1.29, 1.82) is 0 Å². The van der Waals surface area contributed by atoms with Crippen LogP contribution in [0, 0.1) is 0 Å². The summed E-state index contributed by atoms with van der Waals surface area (Å²) in [5, 5.41) is 5.17. The Hall–Kier alpha value is -4.94. The van der Waals surface area contributed by atoms with Crippen molar-refractivity contribution >= 4 is 21.5 Å². The first-order valence-electron chi connectivity index (χ1n) is 13.1. The molecule has 0 fully saturated rings. The van der Waals surface area contributed by atoms with Crippen LogP contribution in [0.3, 0.4) is 0 Å². The van der Waals surface area contributed by atoms with Crippen LogP contribution < -0.4 is 0 Å². The van der Waals surface area contributed by atoms with Gasteiger partial charge in [0.05, 0.1) is 0 Å². The molecule has 0 amide bonds. The van der Waals surface area contributed by atoms with Gasteiger partial charge in [0.1, 0.15) is 0 Å². The Morgan fingerprint density at radius 2 is 0.737 bits per heavy atom. The first kappa shape index (κ1) is 22.3. The van der Waals surface area contributed by atoms with E-state index in [1.807, 2.05) is 0 Å². The zero-order chi connectivity index (χ0) is 25.3. The number of fused-ring (bicyclic) bond motifs is 3. The standard InChI is InChI=1S/C38H26/c1-3-10-27(11-4-1)32-24-33(28-12-5-2-6-13-28)26-34(25-32)29-18-20-31(21-19-29)36-16-9-17-37-35-15-8-7-14-30(35)22-23-38(36)37/h1-26H. The Bertz CT molecular complexity index is 1820. The van der Waals surface area contributed by atoms with E-state index in [9.17, 15) is 0 Å². The van der Waals surface area contributed by atoms with Gasteiger partial charge < -0.3 is 0 Å². The monoisotopic (exact) mass is 482 g/mol. The lowest BCUT2D eigenvalue weighted by Gasteiger charge is -2.13. The first-order chi connectivity index (χ1) is 18.8. The molecule has 38 heavy (non-hydrogen) atoms. The molecule has 7 aromatic rings. The van der Waals surface area contributed by atoms with E-state index in [1.54, 1.807) is 0 Å². The SMILES string of the molecule is c1ccc(-c2cc(-c3ccccc3)cc(-c3ccc(-c4cccc5c4ccc4ccccc45)cc3)c2)cc1. The van der Waals surface area contributed by atoms with E-state index in [4.69, 9.17) is 0 Å². The third-order valence-electron chi connectivity index (χ3n) is 7.46. The van der Waals surface area contributed by atoms with Gasteiger partial charge in [-0.15, -0.1) is 0 Å². The Morgan fingerprint density at radius 1 is 0.237 bits per heavy atom. The smallest absolute Gasteiger partial charge is 0.00990 e. The molecule has 178 valence electrons. The van der Waals surface area contributed by atoms with Crippen LogP contribution in [0.5, 0.6) is 0 Å². The molecule has 0 heterocycles. The van der Waals surface area contributed by atoms with E-state index in [-0.39, 0.29) is 0 Å². The van der Waals surface area contributed by atoms with Crippen LogP contribution in [0.25, 0.3) is 66.1 Å². The van der Waals surface area contributed by atoms with Crippen LogP contribution in [0.2, 0.25) is 0 Å². The number of benzene rings is 7. The zero-order valence-electron chi connectivity index (χ0n) is 21.0. The number of rotatable bonds is 4. The van der Waals surface area contributed by atoms with Crippen LogP contribution in [0.15, 0.2) is 158 Å². The van der Waals surface area contributed by atoms with Gasteiger partial charge in [-0.1, -0.05) is 140 Å². The van der Waals surface area contributed by atoms with Gasteiger partial charge in [0.2, 0.25) is 0 Å². The molecule has 0 aliphatic carbocycles. The van der Waals surface area contributed by atoms with Crippen LogP contribution in [-0.2, 0) is 0 Å². The Balaban J connectivity index is 1.33. The van der Waals surface area contributed by atoms with E-state index in [1.165, 1.54) is 66.1 Å². The molecule has 0 saturated heterocycles. The fourth-order valence-electron chi connectivity index (χ4n) is 5.52. The van der Waals surface area contributed by atoms with Gasteiger partial charge in [0.25, 0.3) is 0 Å². The highest BCUT2D eigenvalue weighted by Crippen LogP contribution is 2.36. The summed E-state index contributed by atoms with van der Waals surface area (Å²) in [7, 11) is 0. The predicted molar refractivity (Wildman–Crippen MR) is 163 cm³/mol. The molecule has 7 rings (SSSR count). The maximum Gasteiger partial charge on any atom is -0.00990 e. The fourth-order valence-corrected chi connectivity index (χ4v) is 5.52. The molecule has 7 aromatic carbocycles. The average molecular weight is 483 g/mol. The molecule has 0 spiro atoms. The van der Waals surface area contributed by atoms with E-state index >= 15 is 0 Å². The molecule has 0 aromatic heterocycles. The molecule has 0 bridgehead atoms. The summed E-state index contributed by atoms with van der Waals surface area (Å²) in [6.45, 7) is 0. The van der Waals surface area contributed by atoms with Gasteiger partial charge in [-0.05, 0) is 84.3 Å². The van der Waals surface area contributed by atoms with Gasteiger partial charge in [-0.25, -0.2) is 0 Å². The zero-order valence-corrected chi connectivity index (χ0v) is 21.0. The molecular weight excluding hydrogens is 456 g/mol. The third-order valence-corrected chi connectivity index (χ3v) is 7.46. The van der Waals surface area contributed by atoms with Crippen LogP contribution in [0.1, 0.15) is 0 Å². The maximum absolute atomic E-state index is 2.31. The van der Waals surface area contributed by atoms with Gasteiger partial charge in [-0.3, -0.25) is 0 Å². The summed E-state index contributed by atoms with van der Waals surface area (Å²) in [6.07, 6.45) is 0.